The molecule has 0 spiro atoms. The van der Waals surface area contributed by atoms with Crippen LogP contribution in [0.25, 0.3) is 0 Å². The van der Waals surface area contributed by atoms with Gasteiger partial charge in [-0.3, -0.25) is 0 Å². The largest absolute Gasteiger partial charge is 0.393 e. The second-order valence-corrected chi connectivity index (χ2v) is 2.66. The summed E-state index contributed by atoms with van der Waals surface area (Å²) in [7, 11) is 0. The fourth-order valence-electron chi connectivity index (χ4n) is 0.816. The van der Waals surface area contributed by atoms with Crippen LogP contribution >= 0.6 is 0 Å². The van der Waals surface area contributed by atoms with Crippen LogP contribution in [0.3, 0.4) is 0 Å². The molecule has 0 saturated heterocycles. The quantitative estimate of drug-likeness (QED) is 0.462. The summed E-state index contributed by atoms with van der Waals surface area (Å²) < 4.78 is 0. The monoisotopic (exact) mass is 142 g/mol. The van der Waals surface area contributed by atoms with E-state index in [0.717, 1.165) is 25.7 Å². The lowest BCUT2D eigenvalue weighted by atomic mass is 10.1. The van der Waals surface area contributed by atoms with Crippen molar-refractivity contribution in [2.24, 2.45) is 0 Å². The normalized spacial score (nSPS) is 14.3. The minimum atomic E-state index is -0.130. The number of unbranched alkanes of at least 4 members (excludes halogenated alkanes) is 1. The average molecular weight is 142 g/mol. The van der Waals surface area contributed by atoms with Gasteiger partial charge in [0, 0.05) is 0 Å². The molecule has 0 saturated carbocycles. The standard InChI is InChI=1S/C9H18O/c1-3-4-5-6-7-8-9(2)10/h4-5,9-10H,3,6-8H2,1-2H3. The van der Waals surface area contributed by atoms with E-state index >= 15 is 0 Å². The van der Waals surface area contributed by atoms with Gasteiger partial charge in [-0.25, -0.2) is 0 Å². The fraction of sp³-hybridized carbons (Fsp3) is 0.778. The Bertz CT molecular complexity index is 84.7. The molecular weight excluding hydrogens is 124 g/mol. The van der Waals surface area contributed by atoms with Gasteiger partial charge in [-0.15, -0.1) is 0 Å². The Kier molecular flexibility index (Phi) is 6.61. The molecule has 0 rings (SSSR count). The van der Waals surface area contributed by atoms with Gasteiger partial charge in [0.2, 0.25) is 0 Å². The molecule has 1 atom stereocenters. The summed E-state index contributed by atoms with van der Waals surface area (Å²) in [6.07, 6.45) is 8.48. The second-order valence-electron chi connectivity index (χ2n) is 2.66. The first-order valence-electron chi connectivity index (χ1n) is 4.10. The van der Waals surface area contributed by atoms with Crippen molar-refractivity contribution in [3.63, 3.8) is 0 Å². The molecule has 0 aromatic heterocycles. The van der Waals surface area contributed by atoms with E-state index in [2.05, 4.69) is 19.1 Å². The van der Waals surface area contributed by atoms with E-state index in [0.29, 0.717) is 0 Å². The first kappa shape index (κ1) is 9.70. The topological polar surface area (TPSA) is 20.2 Å². The summed E-state index contributed by atoms with van der Waals surface area (Å²) in [5.41, 5.74) is 0. The van der Waals surface area contributed by atoms with Crippen LogP contribution in [0.1, 0.15) is 39.5 Å². The van der Waals surface area contributed by atoms with Crippen molar-refractivity contribution in [3.8, 4) is 0 Å². The zero-order chi connectivity index (χ0) is 7.82. The molecule has 0 aromatic rings. The third kappa shape index (κ3) is 7.70. The molecule has 1 unspecified atom stereocenters. The van der Waals surface area contributed by atoms with Gasteiger partial charge in [-0.2, -0.15) is 0 Å². The summed E-state index contributed by atoms with van der Waals surface area (Å²) in [5, 5.41) is 8.88. The van der Waals surface area contributed by atoms with E-state index in [1.807, 2.05) is 6.92 Å². The summed E-state index contributed by atoms with van der Waals surface area (Å²) in [4.78, 5) is 0. The smallest absolute Gasteiger partial charge is 0.0512 e. The van der Waals surface area contributed by atoms with Crippen molar-refractivity contribution in [1.29, 1.82) is 0 Å². The van der Waals surface area contributed by atoms with Gasteiger partial charge < -0.3 is 5.11 Å². The lowest BCUT2D eigenvalue weighted by molar-refractivity contribution is 0.182. The Morgan fingerprint density at radius 1 is 1.40 bits per heavy atom. The van der Waals surface area contributed by atoms with Crippen LogP contribution in [0.2, 0.25) is 0 Å². The van der Waals surface area contributed by atoms with E-state index in [4.69, 9.17) is 5.11 Å². The van der Waals surface area contributed by atoms with E-state index in [-0.39, 0.29) is 6.10 Å². The molecule has 1 nitrogen and oxygen atoms in total. The van der Waals surface area contributed by atoms with Crippen LogP contribution < -0.4 is 0 Å². The summed E-state index contributed by atoms with van der Waals surface area (Å²) >= 11 is 0. The van der Waals surface area contributed by atoms with Crippen LogP contribution in [-0.2, 0) is 0 Å². The molecule has 0 aliphatic carbocycles. The van der Waals surface area contributed by atoms with Gasteiger partial charge in [0.15, 0.2) is 0 Å². The van der Waals surface area contributed by atoms with E-state index in [1.165, 1.54) is 0 Å². The third-order valence-corrected chi connectivity index (χ3v) is 1.40. The molecule has 0 fully saturated rings. The highest BCUT2D eigenvalue weighted by Crippen LogP contribution is 2.00. The van der Waals surface area contributed by atoms with Crippen LogP contribution in [0, 0.1) is 0 Å². The molecule has 0 aromatic carbocycles. The second kappa shape index (κ2) is 6.81. The molecule has 0 bridgehead atoms. The molecule has 0 aliphatic rings. The molecule has 1 N–H and O–H groups in total. The van der Waals surface area contributed by atoms with Crippen LogP contribution in [0.15, 0.2) is 12.2 Å². The minimum absolute atomic E-state index is 0.130. The molecule has 10 heavy (non-hydrogen) atoms. The van der Waals surface area contributed by atoms with Crippen LogP contribution in [0.4, 0.5) is 0 Å². The first-order chi connectivity index (χ1) is 4.77. The highest BCUT2D eigenvalue weighted by Gasteiger charge is 1.91. The lowest BCUT2D eigenvalue weighted by Crippen LogP contribution is -1.97. The maximum atomic E-state index is 8.88. The van der Waals surface area contributed by atoms with Crippen molar-refractivity contribution in [2.75, 3.05) is 0 Å². The number of hydrogen-bond donors (Lipinski definition) is 1. The molecule has 0 amide bonds. The molecule has 60 valence electrons. The van der Waals surface area contributed by atoms with Gasteiger partial charge in [-0.05, 0) is 32.6 Å². The van der Waals surface area contributed by atoms with Crippen molar-refractivity contribution < 1.29 is 5.11 Å². The molecule has 0 radical (unpaired) electrons. The van der Waals surface area contributed by atoms with Crippen LogP contribution in [0.5, 0.6) is 0 Å². The van der Waals surface area contributed by atoms with E-state index < -0.39 is 0 Å². The van der Waals surface area contributed by atoms with Gasteiger partial charge in [0.05, 0.1) is 6.10 Å². The highest BCUT2D eigenvalue weighted by atomic mass is 16.3. The van der Waals surface area contributed by atoms with Gasteiger partial charge in [0.25, 0.3) is 0 Å². The number of aliphatic hydroxyl groups excluding tert-OH is 1. The molecule has 0 heterocycles. The van der Waals surface area contributed by atoms with Gasteiger partial charge in [0.1, 0.15) is 0 Å². The highest BCUT2D eigenvalue weighted by molar-refractivity contribution is 4.79. The summed E-state index contributed by atoms with van der Waals surface area (Å²) in [5.74, 6) is 0. The minimum Gasteiger partial charge on any atom is -0.393 e. The predicted octanol–water partition coefficient (Wildman–Crippen LogP) is 2.50. The zero-order valence-electron chi connectivity index (χ0n) is 7.01. The van der Waals surface area contributed by atoms with Crippen molar-refractivity contribution in [1.82, 2.24) is 0 Å². The van der Waals surface area contributed by atoms with Gasteiger partial charge >= 0.3 is 0 Å². The average Bonchev–Trinajstić information content (AvgIpc) is 1.87. The number of allylic oxidation sites excluding steroid dienone is 2. The number of rotatable bonds is 5. The maximum absolute atomic E-state index is 8.88. The molecule has 0 aliphatic heterocycles. The Labute approximate surface area is 63.8 Å². The maximum Gasteiger partial charge on any atom is 0.0512 e. The van der Waals surface area contributed by atoms with E-state index in [9.17, 15) is 0 Å². The van der Waals surface area contributed by atoms with Crippen molar-refractivity contribution in [3.05, 3.63) is 12.2 Å². The van der Waals surface area contributed by atoms with E-state index in [1.54, 1.807) is 0 Å². The van der Waals surface area contributed by atoms with Crippen LogP contribution in [-0.4, -0.2) is 11.2 Å². The molecule has 1 heteroatoms. The fourth-order valence-corrected chi connectivity index (χ4v) is 0.816. The van der Waals surface area contributed by atoms with Crippen molar-refractivity contribution in [2.45, 2.75) is 45.6 Å². The van der Waals surface area contributed by atoms with Crippen molar-refractivity contribution >= 4 is 0 Å². The predicted molar refractivity (Wildman–Crippen MR) is 45.0 cm³/mol. The van der Waals surface area contributed by atoms with Gasteiger partial charge in [-0.1, -0.05) is 19.1 Å². The lowest BCUT2D eigenvalue weighted by Gasteiger charge is -1.99. The Morgan fingerprint density at radius 3 is 2.60 bits per heavy atom. The SMILES string of the molecule is CCC=CCCCC(C)O. The summed E-state index contributed by atoms with van der Waals surface area (Å²) in [6, 6.07) is 0. The summed E-state index contributed by atoms with van der Waals surface area (Å²) in [6.45, 7) is 3.97. The Balaban J connectivity index is 2.97. The Hall–Kier alpha value is -0.300. The molecular formula is C9H18O. The first-order valence-corrected chi connectivity index (χ1v) is 4.10. The Morgan fingerprint density at radius 2 is 2.10 bits per heavy atom. The third-order valence-electron chi connectivity index (χ3n) is 1.40. The number of hydrogen-bond acceptors (Lipinski definition) is 1. The zero-order valence-corrected chi connectivity index (χ0v) is 7.01. The number of aliphatic hydroxyl groups is 1.